The number of anilines is 1. The summed E-state index contributed by atoms with van der Waals surface area (Å²) in [5, 5.41) is 12.7. The molecule has 1 fully saturated rings. The predicted octanol–water partition coefficient (Wildman–Crippen LogP) is 2.11. The fourth-order valence-electron chi connectivity index (χ4n) is 4.00. The Morgan fingerprint density at radius 3 is 2.89 bits per heavy atom. The van der Waals surface area contributed by atoms with Crippen molar-refractivity contribution in [2.45, 2.75) is 38.8 Å². The summed E-state index contributed by atoms with van der Waals surface area (Å²) < 4.78 is 7.31. The molecule has 0 aromatic carbocycles. The number of aromatic nitrogens is 5. The van der Waals surface area contributed by atoms with Gasteiger partial charge in [-0.15, -0.1) is 16.4 Å². The number of ether oxygens (including phenoxy) is 1. The Hall–Kier alpha value is -2.10. The third kappa shape index (κ3) is 3.74. The van der Waals surface area contributed by atoms with Crippen molar-refractivity contribution in [1.82, 2.24) is 29.9 Å². The second-order valence-electron chi connectivity index (χ2n) is 7.36. The standard InChI is InChI=1S/C19H25N7OS/c1-2-4-15-14(3-1)17-18(20-5-7-26-8-6-21-24-26)22-16(23-19(17)28-15)13-25-9-11-27-12-10-25/h6,8H,1-5,7,9-13H2,(H,20,22,23). The highest BCUT2D eigenvalue weighted by atomic mass is 32.1. The van der Waals surface area contributed by atoms with Crippen LogP contribution in [-0.4, -0.2) is 62.7 Å². The van der Waals surface area contributed by atoms with E-state index in [1.54, 1.807) is 6.20 Å². The molecular formula is C19H25N7OS. The largest absolute Gasteiger partial charge is 0.379 e. The Kier molecular flexibility index (Phi) is 5.20. The molecule has 0 spiro atoms. The fourth-order valence-corrected chi connectivity index (χ4v) is 5.28. The van der Waals surface area contributed by atoms with Gasteiger partial charge in [0.25, 0.3) is 0 Å². The van der Waals surface area contributed by atoms with Crippen molar-refractivity contribution in [3.8, 4) is 0 Å². The first-order valence-electron chi connectivity index (χ1n) is 10.1. The number of thiophene rings is 1. The molecule has 9 heteroatoms. The van der Waals surface area contributed by atoms with Crippen LogP contribution in [0.1, 0.15) is 29.1 Å². The van der Waals surface area contributed by atoms with Gasteiger partial charge >= 0.3 is 0 Å². The second-order valence-corrected chi connectivity index (χ2v) is 8.44. The molecule has 0 saturated carbocycles. The molecule has 5 rings (SSSR count). The minimum atomic E-state index is 0.761. The maximum absolute atomic E-state index is 5.47. The van der Waals surface area contributed by atoms with Crippen molar-refractivity contribution in [3.05, 3.63) is 28.7 Å². The third-order valence-corrected chi connectivity index (χ3v) is 6.62. The first-order valence-corrected chi connectivity index (χ1v) is 10.9. The number of rotatable bonds is 6. The maximum Gasteiger partial charge on any atom is 0.146 e. The lowest BCUT2D eigenvalue weighted by molar-refractivity contribution is 0.0331. The number of morpholine rings is 1. The van der Waals surface area contributed by atoms with E-state index in [0.29, 0.717) is 0 Å². The lowest BCUT2D eigenvalue weighted by atomic mass is 9.97. The van der Waals surface area contributed by atoms with Crippen molar-refractivity contribution in [3.63, 3.8) is 0 Å². The van der Waals surface area contributed by atoms with Crippen LogP contribution in [0.25, 0.3) is 10.2 Å². The van der Waals surface area contributed by atoms with E-state index in [1.165, 1.54) is 35.1 Å². The molecule has 1 N–H and O–H groups in total. The molecule has 8 nitrogen and oxygen atoms in total. The van der Waals surface area contributed by atoms with Crippen LogP contribution in [0.5, 0.6) is 0 Å². The minimum Gasteiger partial charge on any atom is -0.379 e. The quantitative estimate of drug-likeness (QED) is 0.680. The summed E-state index contributed by atoms with van der Waals surface area (Å²) in [6.45, 7) is 5.76. The van der Waals surface area contributed by atoms with E-state index < -0.39 is 0 Å². The number of nitrogens with zero attached hydrogens (tertiary/aromatic N) is 6. The Balaban J connectivity index is 1.43. The Bertz CT molecular complexity index is 934. The molecule has 3 aromatic rings. The molecule has 0 atom stereocenters. The van der Waals surface area contributed by atoms with Crippen LogP contribution in [-0.2, 0) is 30.7 Å². The van der Waals surface area contributed by atoms with Crippen LogP contribution in [0.15, 0.2) is 12.4 Å². The van der Waals surface area contributed by atoms with Gasteiger partial charge in [-0.05, 0) is 31.2 Å². The molecule has 1 aliphatic carbocycles. The van der Waals surface area contributed by atoms with E-state index in [0.717, 1.165) is 68.8 Å². The van der Waals surface area contributed by atoms with Gasteiger partial charge in [-0.2, -0.15) is 0 Å². The maximum atomic E-state index is 5.47. The highest BCUT2D eigenvalue weighted by Gasteiger charge is 2.22. The van der Waals surface area contributed by atoms with E-state index in [4.69, 9.17) is 14.7 Å². The molecule has 148 valence electrons. The van der Waals surface area contributed by atoms with Gasteiger partial charge in [-0.25, -0.2) is 9.97 Å². The van der Waals surface area contributed by atoms with Gasteiger partial charge in [0.2, 0.25) is 0 Å². The average Bonchev–Trinajstić information content (AvgIpc) is 3.36. The Labute approximate surface area is 167 Å². The lowest BCUT2D eigenvalue weighted by Crippen LogP contribution is -2.36. The lowest BCUT2D eigenvalue weighted by Gasteiger charge is -2.25. The summed E-state index contributed by atoms with van der Waals surface area (Å²) in [5.74, 6) is 1.88. The van der Waals surface area contributed by atoms with E-state index in [-0.39, 0.29) is 0 Å². The number of nitrogens with one attached hydrogen (secondary N) is 1. The van der Waals surface area contributed by atoms with Gasteiger partial charge in [0.15, 0.2) is 0 Å². The summed E-state index contributed by atoms with van der Waals surface area (Å²) in [6.07, 6.45) is 8.44. The van der Waals surface area contributed by atoms with Crippen molar-refractivity contribution in [2.24, 2.45) is 0 Å². The van der Waals surface area contributed by atoms with Gasteiger partial charge in [0, 0.05) is 30.7 Å². The predicted molar refractivity (Wildman–Crippen MR) is 109 cm³/mol. The van der Waals surface area contributed by atoms with Crippen molar-refractivity contribution < 1.29 is 4.74 Å². The van der Waals surface area contributed by atoms with E-state index in [1.807, 2.05) is 22.2 Å². The zero-order valence-electron chi connectivity index (χ0n) is 15.9. The monoisotopic (exact) mass is 399 g/mol. The molecule has 0 amide bonds. The van der Waals surface area contributed by atoms with Crippen LogP contribution < -0.4 is 5.32 Å². The number of hydrogen-bond acceptors (Lipinski definition) is 8. The zero-order valence-corrected chi connectivity index (χ0v) is 16.7. The van der Waals surface area contributed by atoms with E-state index >= 15 is 0 Å². The molecule has 2 aliphatic rings. The normalized spacial score (nSPS) is 17.7. The third-order valence-electron chi connectivity index (χ3n) is 5.44. The summed E-state index contributed by atoms with van der Waals surface area (Å²) in [6, 6.07) is 0. The van der Waals surface area contributed by atoms with Crippen molar-refractivity contribution >= 4 is 27.4 Å². The SMILES string of the molecule is c1cn(CCNc2nc(CN3CCOCC3)nc3sc4c(c23)CCCC4)nn1. The number of hydrogen-bond donors (Lipinski definition) is 1. The summed E-state index contributed by atoms with van der Waals surface area (Å²) in [5.41, 5.74) is 1.47. The molecule has 28 heavy (non-hydrogen) atoms. The molecule has 1 aliphatic heterocycles. The molecule has 0 bridgehead atoms. The Morgan fingerprint density at radius 1 is 1.14 bits per heavy atom. The highest BCUT2D eigenvalue weighted by Crippen LogP contribution is 2.38. The molecule has 0 unspecified atom stereocenters. The minimum absolute atomic E-state index is 0.761. The number of fused-ring (bicyclic) bond motifs is 3. The molecule has 3 aromatic heterocycles. The first kappa shape index (κ1) is 18.0. The molecule has 0 radical (unpaired) electrons. The summed E-state index contributed by atoms with van der Waals surface area (Å²) in [4.78, 5) is 14.9. The van der Waals surface area contributed by atoms with Gasteiger partial charge < -0.3 is 10.1 Å². The van der Waals surface area contributed by atoms with E-state index in [9.17, 15) is 0 Å². The number of aryl methyl sites for hydroxylation is 2. The van der Waals surface area contributed by atoms with Crippen molar-refractivity contribution in [1.29, 1.82) is 0 Å². The molecular weight excluding hydrogens is 374 g/mol. The fraction of sp³-hybridized carbons (Fsp3) is 0.579. The highest BCUT2D eigenvalue weighted by molar-refractivity contribution is 7.19. The molecule has 4 heterocycles. The smallest absolute Gasteiger partial charge is 0.146 e. The van der Waals surface area contributed by atoms with Gasteiger partial charge in [0.05, 0.1) is 37.9 Å². The van der Waals surface area contributed by atoms with Crippen molar-refractivity contribution in [2.75, 3.05) is 38.2 Å². The zero-order chi connectivity index (χ0) is 18.8. The first-order chi connectivity index (χ1) is 13.9. The van der Waals surface area contributed by atoms with Gasteiger partial charge in [-0.1, -0.05) is 5.21 Å². The van der Waals surface area contributed by atoms with E-state index in [2.05, 4.69) is 20.5 Å². The van der Waals surface area contributed by atoms with Crippen LogP contribution in [0.4, 0.5) is 5.82 Å². The van der Waals surface area contributed by atoms with Crippen LogP contribution in [0, 0.1) is 0 Å². The van der Waals surface area contributed by atoms with Crippen LogP contribution in [0.2, 0.25) is 0 Å². The molecule has 1 saturated heterocycles. The second kappa shape index (κ2) is 8.10. The topological polar surface area (TPSA) is 81.0 Å². The summed E-state index contributed by atoms with van der Waals surface area (Å²) >= 11 is 1.86. The summed E-state index contributed by atoms with van der Waals surface area (Å²) in [7, 11) is 0. The van der Waals surface area contributed by atoms with Crippen LogP contribution in [0.3, 0.4) is 0 Å². The van der Waals surface area contributed by atoms with Gasteiger partial charge in [0.1, 0.15) is 16.5 Å². The Morgan fingerprint density at radius 2 is 2.04 bits per heavy atom. The van der Waals surface area contributed by atoms with Gasteiger partial charge in [-0.3, -0.25) is 9.58 Å². The average molecular weight is 400 g/mol. The van der Waals surface area contributed by atoms with Crippen LogP contribution >= 0.6 is 11.3 Å².